The SMILES string of the molecule is CCCCOC(=O)[C@H](C)NP(=O)(COCCn1cnc2c(=O)[nH]c(N)nc21)Oc1ccccc1.CCOC(=O)[C@H](C)NP(=O)(COCCn1cnc2c(=O)[nH]c(N)nc21)Oc1ccccc1. The number of anilines is 2. The van der Waals surface area contributed by atoms with Gasteiger partial charge in [-0.25, -0.2) is 20.1 Å². The second-order valence-corrected chi connectivity index (χ2v) is 18.4. The van der Waals surface area contributed by atoms with Gasteiger partial charge in [0.25, 0.3) is 11.1 Å². The van der Waals surface area contributed by atoms with Crippen LogP contribution in [-0.2, 0) is 50.8 Å². The monoisotopic (exact) mass is 956 g/mol. The molecule has 356 valence electrons. The summed E-state index contributed by atoms with van der Waals surface area (Å²) in [6.45, 7) is 8.01. The molecule has 26 heteroatoms. The molecule has 0 spiro atoms. The quantitative estimate of drug-likeness (QED) is 0.0286. The average Bonchev–Trinajstić information content (AvgIpc) is 3.89. The fraction of sp³-hybridized carbons (Fsp3) is 0.400. The number of hydrogen-bond donors (Lipinski definition) is 6. The summed E-state index contributed by atoms with van der Waals surface area (Å²) in [5.74, 6) is -0.393. The van der Waals surface area contributed by atoms with Crippen molar-refractivity contribution in [3.8, 4) is 11.5 Å². The predicted molar refractivity (Wildman–Crippen MR) is 244 cm³/mol. The van der Waals surface area contributed by atoms with E-state index in [0.717, 1.165) is 12.8 Å². The molecule has 4 atom stereocenters. The van der Waals surface area contributed by atoms with Gasteiger partial charge >= 0.3 is 27.0 Å². The summed E-state index contributed by atoms with van der Waals surface area (Å²) in [5, 5.41) is 5.45. The third kappa shape index (κ3) is 14.8. The Morgan fingerprint density at radius 1 is 0.682 bits per heavy atom. The van der Waals surface area contributed by atoms with Crippen molar-refractivity contribution in [2.45, 2.75) is 65.7 Å². The second-order valence-electron chi connectivity index (χ2n) is 14.3. The lowest BCUT2D eigenvalue weighted by molar-refractivity contribution is -0.145. The number of para-hydroxylation sites is 2. The van der Waals surface area contributed by atoms with Gasteiger partial charge in [0.2, 0.25) is 11.9 Å². The zero-order valence-electron chi connectivity index (χ0n) is 36.8. The van der Waals surface area contributed by atoms with E-state index < -0.39 is 50.2 Å². The molecule has 66 heavy (non-hydrogen) atoms. The van der Waals surface area contributed by atoms with Gasteiger partial charge in [-0.2, -0.15) is 9.97 Å². The largest absolute Gasteiger partial charge is 0.465 e. The molecule has 8 N–H and O–H groups in total. The normalized spacial score (nSPS) is 14.0. The number of aromatic nitrogens is 8. The van der Waals surface area contributed by atoms with Crippen LogP contribution in [-0.4, -0.2) is 102 Å². The van der Waals surface area contributed by atoms with E-state index in [4.69, 9.17) is 39.5 Å². The zero-order chi connectivity index (χ0) is 47.7. The number of nitrogens with two attached hydrogens (primary N) is 2. The van der Waals surface area contributed by atoms with Gasteiger partial charge in [0.1, 0.15) is 36.3 Å². The first-order chi connectivity index (χ1) is 31.6. The summed E-state index contributed by atoms with van der Waals surface area (Å²) in [6, 6.07) is 15.4. The van der Waals surface area contributed by atoms with Crippen LogP contribution in [0.15, 0.2) is 82.9 Å². The summed E-state index contributed by atoms with van der Waals surface area (Å²) in [6.07, 6.45) is 3.90. The Bertz CT molecular complexity index is 2730. The van der Waals surface area contributed by atoms with E-state index in [1.54, 1.807) is 83.6 Å². The Balaban J connectivity index is 0.000000248. The number of nitrogens with one attached hydrogen (secondary N) is 4. The van der Waals surface area contributed by atoms with E-state index in [1.165, 1.54) is 19.6 Å². The number of benzene rings is 2. The number of H-pyrrole nitrogens is 2. The van der Waals surface area contributed by atoms with E-state index >= 15 is 0 Å². The van der Waals surface area contributed by atoms with E-state index in [1.807, 2.05) is 6.92 Å². The predicted octanol–water partition coefficient (Wildman–Crippen LogP) is 3.76. The number of fused-ring (bicyclic) bond motifs is 2. The highest BCUT2D eigenvalue weighted by atomic mass is 31.2. The highest BCUT2D eigenvalue weighted by Crippen LogP contribution is 2.44. The smallest absolute Gasteiger partial charge is 0.342 e. The summed E-state index contributed by atoms with van der Waals surface area (Å²) in [5.41, 5.74) is 11.3. The Morgan fingerprint density at radius 2 is 1.11 bits per heavy atom. The van der Waals surface area contributed by atoms with E-state index in [-0.39, 0.29) is 68.5 Å². The van der Waals surface area contributed by atoms with Gasteiger partial charge in [0.15, 0.2) is 22.3 Å². The number of aromatic amines is 2. The number of hydrogen-bond acceptors (Lipinski definition) is 18. The van der Waals surface area contributed by atoms with Crippen molar-refractivity contribution < 1.29 is 46.7 Å². The van der Waals surface area contributed by atoms with Gasteiger partial charge in [-0.1, -0.05) is 49.7 Å². The Hall–Kier alpha value is -6.42. The number of ether oxygens (including phenoxy) is 4. The molecule has 0 saturated heterocycles. The minimum Gasteiger partial charge on any atom is -0.465 e. The maximum atomic E-state index is 13.5. The number of esters is 2. The number of rotatable bonds is 24. The molecule has 4 aromatic heterocycles. The molecule has 6 rings (SSSR count). The highest BCUT2D eigenvalue weighted by Gasteiger charge is 2.32. The minimum atomic E-state index is -3.65. The van der Waals surface area contributed by atoms with Gasteiger partial charge in [-0.05, 0) is 51.5 Å². The van der Waals surface area contributed by atoms with Crippen LogP contribution in [0.3, 0.4) is 0 Å². The van der Waals surface area contributed by atoms with Crippen LogP contribution < -0.4 is 41.8 Å². The van der Waals surface area contributed by atoms with Crippen LogP contribution in [0.25, 0.3) is 22.3 Å². The summed E-state index contributed by atoms with van der Waals surface area (Å²) < 4.78 is 62.9. The second kappa shape index (κ2) is 24.2. The van der Waals surface area contributed by atoms with Crippen LogP contribution in [0.4, 0.5) is 11.9 Å². The van der Waals surface area contributed by atoms with Crippen molar-refractivity contribution in [1.29, 1.82) is 0 Å². The molecular formula is C40H54N12O12P2. The van der Waals surface area contributed by atoms with E-state index in [0.29, 0.717) is 29.4 Å². The summed E-state index contributed by atoms with van der Waals surface area (Å²) in [4.78, 5) is 69.0. The Morgan fingerprint density at radius 3 is 1.52 bits per heavy atom. The number of unbranched alkanes of at least 4 members (excludes halogenated alkanes) is 1. The lowest BCUT2D eigenvalue weighted by Crippen LogP contribution is -2.35. The third-order valence-corrected chi connectivity index (χ3v) is 12.6. The van der Waals surface area contributed by atoms with E-state index in [9.17, 15) is 28.3 Å². The van der Waals surface area contributed by atoms with Crippen molar-refractivity contribution in [3.05, 3.63) is 94.0 Å². The molecule has 0 saturated carbocycles. The van der Waals surface area contributed by atoms with Crippen LogP contribution in [0.2, 0.25) is 0 Å². The van der Waals surface area contributed by atoms with Crippen LogP contribution in [0.5, 0.6) is 11.5 Å². The molecule has 0 fully saturated rings. The molecule has 0 aliphatic carbocycles. The molecule has 2 unspecified atom stereocenters. The fourth-order valence-electron chi connectivity index (χ4n) is 5.85. The first-order valence-corrected chi connectivity index (χ1v) is 24.4. The molecule has 24 nitrogen and oxygen atoms in total. The molecule has 0 aliphatic heterocycles. The molecule has 0 amide bonds. The van der Waals surface area contributed by atoms with Gasteiger partial charge in [0, 0.05) is 13.1 Å². The van der Waals surface area contributed by atoms with Crippen molar-refractivity contribution >= 4 is 61.2 Å². The molecule has 0 bridgehead atoms. The van der Waals surface area contributed by atoms with E-state index in [2.05, 4.69) is 40.1 Å². The van der Waals surface area contributed by atoms with Crippen LogP contribution in [0.1, 0.15) is 40.5 Å². The molecule has 0 radical (unpaired) electrons. The topological polar surface area (TPSA) is 327 Å². The fourth-order valence-corrected chi connectivity index (χ4v) is 9.27. The Kier molecular flexibility index (Phi) is 18.5. The molecule has 6 aromatic rings. The third-order valence-electron chi connectivity index (χ3n) is 8.97. The number of carbonyl (C=O) groups is 2. The standard InChI is InChI=1S/C21H29N6O6P.C19H25N6O6P/c1-3-4-11-32-20(29)15(2)26-34(30,33-16-8-6-5-7-9-16)14-31-12-10-27-13-23-17-18(27)24-21(22)25-19(17)28;1-3-30-18(27)13(2)24-32(28,31-14-7-5-4-6-8-14)12-29-10-9-25-11-21-15-16(25)22-19(20)23-17(15)26/h5-9,13,15H,3-4,10-12,14H2,1-2H3,(H,26,30)(H3,22,24,25,28);4-8,11,13H,3,9-10,12H2,1-2H3,(H,24,28)(H3,20,22,23,26)/t15-,34?;13-,32?/m00/s1. The van der Waals surface area contributed by atoms with Gasteiger partial charge in [0.05, 0.1) is 39.1 Å². The van der Waals surface area contributed by atoms with Crippen molar-refractivity contribution in [2.24, 2.45) is 0 Å². The number of nitrogens with zero attached hydrogens (tertiary/aromatic N) is 6. The van der Waals surface area contributed by atoms with Gasteiger partial charge < -0.3 is 48.6 Å². The Labute approximate surface area is 378 Å². The maximum Gasteiger partial charge on any atom is 0.342 e. The van der Waals surface area contributed by atoms with Crippen molar-refractivity contribution in [1.82, 2.24) is 49.2 Å². The average molecular weight is 957 g/mol. The first-order valence-electron chi connectivity index (χ1n) is 20.8. The van der Waals surface area contributed by atoms with Crippen LogP contribution in [0, 0.1) is 0 Å². The van der Waals surface area contributed by atoms with Gasteiger partial charge in [-0.3, -0.25) is 38.3 Å². The first kappa shape index (κ1) is 50.6. The minimum absolute atomic E-state index is 0.0232. The van der Waals surface area contributed by atoms with Crippen LogP contribution >= 0.6 is 15.0 Å². The number of carbonyl (C=O) groups excluding carboxylic acids is 2. The number of nitrogen functional groups attached to an aromatic ring is 2. The molecule has 0 aliphatic rings. The van der Waals surface area contributed by atoms with Crippen molar-refractivity contribution in [2.75, 3.05) is 50.6 Å². The highest BCUT2D eigenvalue weighted by molar-refractivity contribution is 7.57. The lowest BCUT2D eigenvalue weighted by atomic mass is 10.3. The maximum absolute atomic E-state index is 13.5. The lowest BCUT2D eigenvalue weighted by Gasteiger charge is -2.23. The number of imidazole rings is 2. The molecule has 2 aromatic carbocycles. The molecular weight excluding hydrogens is 902 g/mol. The molecule has 4 heterocycles. The summed E-state index contributed by atoms with van der Waals surface area (Å²) >= 11 is 0. The van der Waals surface area contributed by atoms with Gasteiger partial charge in [-0.15, -0.1) is 0 Å². The van der Waals surface area contributed by atoms with Crippen molar-refractivity contribution in [3.63, 3.8) is 0 Å². The zero-order valence-corrected chi connectivity index (χ0v) is 38.6. The summed E-state index contributed by atoms with van der Waals surface area (Å²) in [7, 11) is -7.28.